The standard InChI is InChI=1S/C29H33F2N3O2/c1-17-18(2)32-26-9-7-22(14-24(17)26)29(36)34-12-10-19(11-13-34)27(33(3)28(35)20-4-5-20)15-21-6-8-23(30)16-25(21)31/h6-9,14,16,19-20,27,32H,4-5,10-13,15H2,1-3H3. The lowest BCUT2D eigenvalue weighted by Gasteiger charge is -2.40. The molecule has 1 atom stereocenters. The van der Waals surface area contributed by atoms with Crippen LogP contribution in [0.4, 0.5) is 8.78 Å². The molecule has 2 aromatic carbocycles. The van der Waals surface area contributed by atoms with Crippen LogP contribution in [-0.4, -0.2) is 52.8 Å². The Labute approximate surface area is 210 Å². The Bertz CT molecular complexity index is 1310. The third-order valence-electron chi connectivity index (χ3n) is 8.14. The number of rotatable bonds is 6. The van der Waals surface area contributed by atoms with Crippen LogP contribution in [0.2, 0.25) is 0 Å². The molecule has 7 heteroatoms. The van der Waals surface area contributed by atoms with Gasteiger partial charge < -0.3 is 14.8 Å². The number of amides is 2. The lowest BCUT2D eigenvalue weighted by molar-refractivity contribution is -0.134. The minimum atomic E-state index is -0.606. The summed E-state index contributed by atoms with van der Waals surface area (Å²) in [4.78, 5) is 33.2. The first-order chi connectivity index (χ1) is 17.2. The van der Waals surface area contributed by atoms with Gasteiger partial charge in [-0.2, -0.15) is 0 Å². The Balaban J connectivity index is 1.31. The van der Waals surface area contributed by atoms with E-state index in [4.69, 9.17) is 0 Å². The van der Waals surface area contributed by atoms with Gasteiger partial charge in [0, 0.05) is 60.3 Å². The molecule has 1 aliphatic carbocycles. The van der Waals surface area contributed by atoms with Crippen molar-refractivity contribution in [1.82, 2.24) is 14.8 Å². The molecule has 3 aromatic rings. The molecule has 1 aromatic heterocycles. The number of piperidine rings is 1. The third kappa shape index (κ3) is 4.75. The number of aromatic nitrogens is 1. The summed E-state index contributed by atoms with van der Waals surface area (Å²) in [7, 11) is 1.81. The molecule has 2 amide bonds. The molecule has 0 spiro atoms. The number of carbonyl (C=O) groups is 2. The first kappa shape index (κ1) is 24.5. The molecule has 36 heavy (non-hydrogen) atoms. The topological polar surface area (TPSA) is 56.4 Å². The molecular weight excluding hydrogens is 460 g/mol. The Kier molecular flexibility index (Phi) is 6.58. The van der Waals surface area contributed by atoms with Crippen molar-refractivity contribution in [2.75, 3.05) is 20.1 Å². The van der Waals surface area contributed by atoms with Crippen LogP contribution < -0.4 is 0 Å². The molecule has 190 valence electrons. The largest absolute Gasteiger partial charge is 0.358 e. The number of nitrogens with zero attached hydrogens (tertiary/aromatic N) is 2. The van der Waals surface area contributed by atoms with E-state index >= 15 is 0 Å². The van der Waals surface area contributed by atoms with Crippen LogP contribution in [0.25, 0.3) is 10.9 Å². The molecule has 1 saturated carbocycles. The van der Waals surface area contributed by atoms with Crippen LogP contribution in [0, 0.1) is 37.3 Å². The zero-order chi connectivity index (χ0) is 25.6. The number of H-pyrrole nitrogens is 1. The maximum atomic E-state index is 14.5. The highest BCUT2D eigenvalue weighted by Gasteiger charge is 2.38. The highest BCUT2D eigenvalue weighted by molar-refractivity contribution is 5.99. The number of likely N-dealkylation sites (tertiary alicyclic amines) is 1. The van der Waals surface area contributed by atoms with Crippen LogP contribution in [-0.2, 0) is 11.2 Å². The molecular formula is C29H33F2N3O2. The van der Waals surface area contributed by atoms with Crippen LogP contribution in [0.3, 0.4) is 0 Å². The van der Waals surface area contributed by atoms with Crippen LogP contribution in [0.15, 0.2) is 36.4 Å². The zero-order valence-corrected chi connectivity index (χ0v) is 21.1. The van der Waals surface area contributed by atoms with E-state index in [9.17, 15) is 18.4 Å². The molecule has 2 fully saturated rings. The van der Waals surface area contributed by atoms with E-state index in [1.807, 2.05) is 30.0 Å². The number of hydrogen-bond donors (Lipinski definition) is 1. The highest BCUT2D eigenvalue weighted by atomic mass is 19.1. The van der Waals surface area contributed by atoms with Gasteiger partial charge in [-0.3, -0.25) is 9.59 Å². The zero-order valence-electron chi connectivity index (χ0n) is 21.1. The van der Waals surface area contributed by atoms with Gasteiger partial charge in [0.1, 0.15) is 11.6 Å². The van der Waals surface area contributed by atoms with Crippen molar-refractivity contribution in [3.63, 3.8) is 0 Å². The van der Waals surface area contributed by atoms with Gasteiger partial charge in [0.15, 0.2) is 0 Å². The van der Waals surface area contributed by atoms with Gasteiger partial charge in [0.2, 0.25) is 5.91 Å². The minimum absolute atomic E-state index is 0.0112. The molecule has 5 rings (SSSR count). The fraction of sp³-hybridized carbons (Fsp3) is 0.448. The van der Waals surface area contributed by atoms with Gasteiger partial charge >= 0.3 is 0 Å². The van der Waals surface area contributed by atoms with Crippen LogP contribution >= 0.6 is 0 Å². The number of fused-ring (bicyclic) bond motifs is 1. The van der Waals surface area contributed by atoms with E-state index in [-0.39, 0.29) is 29.7 Å². The molecule has 1 unspecified atom stereocenters. The summed E-state index contributed by atoms with van der Waals surface area (Å²) < 4.78 is 28.0. The van der Waals surface area contributed by atoms with E-state index in [0.29, 0.717) is 30.6 Å². The molecule has 1 N–H and O–H groups in total. The van der Waals surface area contributed by atoms with Crippen LogP contribution in [0.1, 0.15) is 52.9 Å². The monoisotopic (exact) mass is 493 g/mol. The van der Waals surface area contributed by atoms with E-state index in [2.05, 4.69) is 11.9 Å². The first-order valence-corrected chi connectivity index (χ1v) is 12.8. The summed E-state index contributed by atoms with van der Waals surface area (Å²) in [5.74, 6) is -0.879. The number of halogens is 2. The van der Waals surface area contributed by atoms with Gasteiger partial charge in [-0.15, -0.1) is 0 Å². The number of benzene rings is 2. The number of aromatic amines is 1. The van der Waals surface area contributed by atoms with Crippen molar-refractivity contribution in [2.45, 2.75) is 52.0 Å². The van der Waals surface area contributed by atoms with Gasteiger partial charge in [0.25, 0.3) is 5.91 Å². The Morgan fingerprint density at radius 3 is 2.44 bits per heavy atom. The van der Waals surface area contributed by atoms with Gasteiger partial charge in [-0.05, 0) is 87.3 Å². The number of hydrogen-bond acceptors (Lipinski definition) is 2. The molecule has 2 aliphatic rings. The normalized spacial score (nSPS) is 17.4. The van der Waals surface area contributed by atoms with Crippen molar-refractivity contribution >= 4 is 22.7 Å². The summed E-state index contributed by atoms with van der Waals surface area (Å²) in [6.07, 6.45) is 3.59. The SMILES string of the molecule is Cc1[nH]c2ccc(C(=O)N3CCC(C(Cc4ccc(F)cc4F)N(C)C(=O)C4CC4)CC3)cc2c1C. The quantitative estimate of drug-likeness (QED) is 0.500. The number of carbonyl (C=O) groups excluding carboxylic acids is 2. The second-order valence-corrected chi connectivity index (χ2v) is 10.5. The predicted molar refractivity (Wildman–Crippen MR) is 136 cm³/mol. The molecule has 0 bridgehead atoms. The summed E-state index contributed by atoms with van der Waals surface area (Å²) in [5.41, 5.74) is 4.37. The fourth-order valence-corrected chi connectivity index (χ4v) is 5.58. The Hall–Kier alpha value is -3.22. The maximum absolute atomic E-state index is 14.5. The number of nitrogens with one attached hydrogen (secondary N) is 1. The molecule has 5 nitrogen and oxygen atoms in total. The van der Waals surface area contributed by atoms with Gasteiger partial charge in [0.05, 0.1) is 0 Å². The summed E-state index contributed by atoms with van der Waals surface area (Å²) >= 11 is 0. The minimum Gasteiger partial charge on any atom is -0.358 e. The third-order valence-corrected chi connectivity index (χ3v) is 8.14. The first-order valence-electron chi connectivity index (χ1n) is 12.8. The molecule has 2 heterocycles. The summed E-state index contributed by atoms with van der Waals surface area (Å²) in [5, 5.41) is 1.06. The molecule has 1 aliphatic heterocycles. The van der Waals surface area contributed by atoms with E-state index < -0.39 is 11.6 Å². The Morgan fingerprint density at radius 2 is 1.78 bits per heavy atom. The van der Waals surface area contributed by atoms with Crippen molar-refractivity contribution in [1.29, 1.82) is 0 Å². The van der Waals surface area contributed by atoms with E-state index in [1.165, 1.54) is 12.1 Å². The van der Waals surface area contributed by atoms with E-state index in [1.54, 1.807) is 11.9 Å². The summed E-state index contributed by atoms with van der Waals surface area (Å²) in [6, 6.07) is 9.25. The highest BCUT2D eigenvalue weighted by Crippen LogP contribution is 2.34. The Morgan fingerprint density at radius 1 is 1.06 bits per heavy atom. The summed E-state index contributed by atoms with van der Waals surface area (Å²) in [6.45, 7) is 5.25. The average molecular weight is 494 g/mol. The van der Waals surface area contributed by atoms with Crippen molar-refractivity contribution in [3.05, 3.63) is 70.4 Å². The second-order valence-electron chi connectivity index (χ2n) is 10.5. The van der Waals surface area contributed by atoms with Gasteiger partial charge in [-0.25, -0.2) is 8.78 Å². The van der Waals surface area contributed by atoms with Crippen LogP contribution in [0.5, 0.6) is 0 Å². The second kappa shape index (κ2) is 9.68. The smallest absolute Gasteiger partial charge is 0.253 e. The van der Waals surface area contributed by atoms with Crippen molar-refractivity contribution in [3.8, 4) is 0 Å². The number of likely N-dealkylation sites (N-methyl/N-ethyl adjacent to an activating group) is 1. The van der Waals surface area contributed by atoms with E-state index in [0.717, 1.165) is 53.9 Å². The number of aryl methyl sites for hydroxylation is 2. The average Bonchev–Trinajstić information content (AvgIpc) is 3.68. The van der Waals surface area contributed by atoms with Crippen molar-refractivity contribution in [2.24, 2.45) is 11.8 Å². The lowest BCUT2D eigenvalue weighted by atomic mass is 9.84. The van der Waals surface area contributed by atoms with Crippen molar-refractivity contribution < 1.29 is 18.4 Å². The maximum Gasteiger partial charge on any atom is 0.253 e. The molecule has 1 saturated heterocycles. The van der Waals surface area contributed by atoms with Gasteiger partial charge in [-0.1, -0.05) is 6.07 Å². The fourth-order valence-electron chi connectivity index (χ4n) is 5.58. The predicted octanol–water partition coefficient (Wildman–Crippen LogP) is 5.39. The lowest BCUT2D eigenvalue weighted by Crippen LogP contribution is -2.49. The molecule has 0 radical (unpaired) electrons.